The third-order valence-corrected chi connectivity index (χ3v) is 5.69. The number of allylic oxidation sites excluding steroid dienone is 1. The molecule has 0 aliphatic rings. The van der Waals surface area contributed by atoms with Gasteiger partial charge in [0.05, 0.1) is 12.3 Å². The standard InChI is InChI=1S/C29H29N3O4/c1-20-26(32-28(36-20)23-10-6-3-7-11-23)16-17-35-24-14-12-21(13-15-24)18-25(30)27(29(33)34)31-19-22-8-4-2-5-9-22/h2-15,31H,16-19,30H2,1H3,(H,33,34)/b27-25-. The second-order valence-electron chi connectivity index (χ2n) is 8.35. The highest BCUT2D eigenvalue weighted by Crippen LogP contribution is 2.22. The molecule has 0 spiro atoms. The van der Waals surface area contributed by atoms with Crippen LogP contribution in [0.2, 0.25) is 0 Å². The van der Waals surface area contributed by atoms with Crippen LogP contribution in [0.4, 0.5) is 0 Å². The van der Waals surface area contributed by atoms with E-state index in [0.717, 1.165) is 28.1 Å². The van der Waals surface area contributed by atoms with Gasteiger partial charge in [0, 0.05) is 30.6 Å². The first-order valence-electron chi connectivity index (χ1n) is 11.7. The van der Waals surface area contributed by atoms with Crippen molar-refractivity contribution >= 4 is 5.97 Å². The zero-order valence-corrected chi connectivity index (χ0v) is 20.1. The Kier molecular flexibility index (Phi) is 8.03. The number of nitrogens with two attached hydrogens (primary N) is 1. The second kappa shape index (κ2) is 11.8. The van der Waals surface area contributed by atoms with E-state index < -0.39 is 5.97 Å². The Balaban J connectivity index is 1.31. The molecule has 1 aromatic heterocycles. The van der Waals surface area contributed by atoms with Crippen LogP contribution >= 0.6 is 0 Å². The molecule has 0 aliphatic carbocycles. The molecule has 0 radical (unpaired) electrons. The number of nitrogens with zero attached hydrogens (tertiary/aromatic N) is 1. The van der Waals surface area contributed by atoms with Crippen molar-refractivity contribution in [1.82, 2.24) is 10.3 Å². The fourth-order valence-electron chi connectivity index (χ4n) is 3.75. The summed E-state index contributed by atoms with van der Waals surface area (Å²) in [5.41, 5.74) is 10.1. The second-order valence-corrected chi connectivity index (χ2v) is 8.35. The predicted molar refractivity (Wildman–Crippen MR) is 138 cm³/mol. The number of hydrogen-bond acceptors (Lipinski definition) is 6. The lowest BCUT2D eigenvalue weighted by atomic mass is 10.1. The summed E-state index contributed by atoms with van der Waals surface area (Å²) < 4.78 is 11.7. The van der Waals surface area contributed by atoms with Crippen LogP contribution in [0, 0.1) is 6.92 Å². The van der Waals surface area contributed by atoms with E-state index >= 15 is 0 Å². The molecule has 3 aromatic carbocycles. The number of benzene rings is 3. The number of ether oxygens (including phenoxy) is 1. The van der Waals surface area contributed by atoms with Gasteiger partial charge in [-0.25, -0.2) is 9.78 Å². The van der Waals surface area contributed by atoms with Gasteiger partial charge in [-0.1, -0.05) is 60.7 Å². The van der Waals surface area contributed by atoms with E-state index in [1.165, 1.54) is 0 Å². The number of carbonyl (C=O) groups is 1. The monoisotopic (exact) mass is 483 g/mol. The van der Waals surface area contributed by atoms with Crippen LogP contribution in [0.3, 0.4) is 0 Å². The van der Waals surface area contributed by atoms with Crippen LogP contribution in [0.25, 0.3) is 11.5 Å². The molecule has 4 N–H and O–H groups in total. The van der Waals surface area contributed by atoms with Gasteiger partial charge < -0.3 is 25.3 Å². The molecule has 4 aromatic rings. The highest BCUT2D eigenvalue weighted by molar-refractivity contribution is 5.86. The summed E-state index contributed by atoms with van der Waals surface area (Å²) in [7, 11) is 0. The molecule has 0 unspecified atom stereocenters. The molecule has 4 rings (SSSR count). The summed E-state index contributed by atoms with van der Waals surface area (Å²) in [5.74, 6) is 1.02. The average molecular weight is 484 g/mol. The van der Waals surface area contributed by atoms with Crippen LogP contribution < -0.4 is 15.8 Å². The molecule has 0 aliphatic heterocycles. The molecule has 184 valence electrons. The Hall–Kier alpha value is -4.52. The maximum absolute atomic E-state index is 11.7. The number of hydrogen-bond donors (Lipinski definition) is 3. The zero-order chi connectivity index (χ0) is 25.3. The van der Waals surface area contributed by atoms with E-state index in [0.29, 0.717) is 37.6 Å². The molecule has 0 fully saturated rings. The molecule has 1 heterocycles. The molecule has 0 bridgehead atoms. The topological polar surface area (TPSA) is 111 Å². The average Bonchev–Trinajstić information content (AvgIpc) is 3.26. The van der Waals surface area contributed by atoms with Crippen molar-refractivity contribution in [1.29, 1.82) is 0 Å². The Morgan fingerprint density at radius 3 is 2.31 bits per heavy atom. The molecule has 36 heavy (non-hydrogen) atoms. The first-order valence-corrected chi connectivity index (χ1v) is 11.7. The summed E-state index contributed by atoms with van der Waals surface area (Å²) in [5, 5.41) is 12.5. The van der Waals surface area contributed by atoms with Gasteiger partial charge in [0.25, 0.3) is 0 Å². The Labute approximate surface area is 210 Å². The highest BCUT2D eigenvalue weighted by atomic mass is 16.5. The molecular weight excluding hydrogens is 454 g/mol. The van der Waals surface area contributed by atoms with Gasteiger partial charge in [-0.15, -0.1) is 0 Å². The third kappa shape index (κ3) is 6.54. The Morgan fingerprint density at radius 1 is 0.972 bits per heavy atom. The first-order chi connectivity index (χ1) is 17.5. The molecule has 0 atom stereocenters. The largest absolute Gasteiger partial charge is 0.493 e. The minimum absolute atomic E-state index is 0.0111. The molecule has 0 amide bonds. The van der Waals surface area contributed by atoms with Crippen molar-refractivity contribution in [3.8, 4) is 17.2 Å². The minimum Gasteiger partial charge on any atom is -0.493 e. The lowest BCUT2D eigenvalue weighted by Gasteiger charge is -2.12. The molecule has 7 heteroatoms. The predicted octanol–water partition coefficient (Wildman–Crippen LogP) is 4.86. The van der Waals surface area contributed by atoms with Crippen LogP contribution in [0.5, 0.6) is 5.75 Å². The van der Waals surface area contributed by atoms with Crippen LogP contribution in [-0.2, 0) is 24.2 Å². The first kappa shape index (κ1) is 24.6. The Morgan fingerprint density at radius 2 is 1.64 bits per heavy atom. The van der Waals surface area contributed by atoms with E-state index in [9.17, 15) is 9.90 Å². The Bertz CT molecular complexity index is 1310. The number of aliphatic carboxylic acids is 1. The number of aromatic nitrogens is 1. The molecule has 0 saturated carbocycles. The number of oxazole rings is 1. The van der Waals surface area contributed by atoms with Gasteiger partial charge in [0.2, 0.25) is 5.89 Å². The number of carboxylic acids is 1. The van der Waals surface area contributed by atoms with Crippen molar-refractivity contribution < 1.29 is 19.1 Å². The number of rotatable bonds is 11. The van der Waals surface area contributed by atoms with Crippen LogP contribution in [0.15, 0.2) is 101 Å². The van der Waals surface area contributed by atoms with Crippen molar-refractivity contribution in [2.24, 2.45) is 5.73 Å². The summed E-state index contributed by atoms with van der Waals surface area (Å²) in [4.78, 5) is 16.3. The fraction of sp³-hybridized carbons (Fsp3) is 0.172. The normalized spacial score (nSPS) is 11.6. The molecule has 0 saturated heterocycles. The van der Waals surface area contributed by atoms with E-state index in [1.54, 1.807) is 0 Å². The van der Waals surface area contributed by atoms with Gasteiger partial charge in [-0.05, 0) is 42.3 Å². The third-order valence-electron chi connectivity index (χ3n) is 5.69. The lowest BCUT2D eigenvalue weighted by Crippen LogP contribution is -2.25. The van der Waals surface area contributed by atoms with Gasteiger partial charge in [0.1, 0.15) is 17.2 Å². The number of nitrogens with one attached hydrogen (secondary N) is 1. The maximum Gasteiger partial charge on any atom is 0.353 e. The van der Waals surface area contributed by atoms with E-state index in [4.69, 9.17) is 14.9 Å². The summed E-state index contributed by atoms with van der Waals surface area (Å²) in [6.07, 6.45) is 0.929. The summed E-state index contributed by atoms with van der Waals surface area (Å²) >= 11 is 0. The summed E-state index contributed by atoms with van der Waals surface area (Å²) in [6.45, 7) is 2.74. The van der Waals surface area contributed by atoms with Gasteiger partial charge in [0.15, 0.2) is 0 Å². The van der Waals surface area contributed by atoms with E-state index in [-0.39, 0.29) is 11.4 Å². The zero-order valence-electron chi connectivity index (χ0n) is 20.1. The van der Waals surface area contributed by atoms with Gasteiger partial charge in [-0.3, -0.25) is 0 Å². The van der Waals surface area contributed by atoms with E-state index in [1.807, 2.05) is 91.9 Å². The fourth-order valence-corrected chi connectivity index (χ4v) is 3.75. The summed E-state index contributed by atoms with van der Waals surface area (Å²) in [6, 6.07) is 26.8. The van der Waals surface area contributed by atoms with Crippen molar-refractivity contribution in [3.05, 3.63) is 119 Å². The van der Waals surface area contributed by atoms with Crippen molar-refractivity contribution in [2.45, 2.75) is 26.3 Å². The minimum atomic E-state index is -1.08. The van der Waals surface area contributed by atoms with Crippen molar-refractivity contribution in [3.63, 3.8) is 0 Å². The van der Waals surface area contributed by atoms with Crippen LogP contribution in [0.1, 0.15) is 22.6 Å². The SMILES string of the molecule is Cc1oc(-c2ccccc2)nc1CCOc1ccc(C/C(N)=C(/NCc2ccccc2)C(=O)O)cc1. The number of aryl methyl sites for hydroxylation is 1. The lowest BCUT2D eigenvalue weighted by molar-refractivity contribution is -0.133. The quantitative estimate of drug-likeness (QED) is 0.261. The maximum atomic E-state index is 11.7. The van der Waals surface area contributed by atoms with Gasteiger partial charge >= 0.3 is 5.97 Å². The smallest absolute Gasteiger partial charge is 0.353 e. The van der Waals surface area contributed by atoms with Crippen LogP contribution in [-0.4, -0.2) is 22.7 Å². The number of carboxylic acid groups (broad SMARTS) is 1. The van der Waals surface area contributed by atoms with E-state index in [2.05, 4.69) is 10.3 Å². The molecule has 7 nitrogen and oxygen atoms in total. The highest BCUT2D eigenvalue weighted by Gasteiger charge is 2.13. The van der Waals surface area contributed by atoms with Crippen molar-refractivity contribution in [2.75, 3.05) is 6.61 Å². The van der Waals surface area contributed by atoms with Gasteiger partial charge in [-0.2, -0.15) is 0 Å². The molecular formula is C29H29N3O4.